The minimum Gasteiger partial charge on any atom is -0.380 e. The average Bonchev–Trinajstić information content (AvgIpc) is 2.84. The number of pyridine rings is 1. The van der Waals surface area contributed by atoms with Gasteiger partial charge in [-0.05, 0) is 38.1 Å². The number of hydrogen-bond donors (Lipinski definition) is 1. The fourth-order valence-electron chi connectivity index (χ4n) is 3.35. The van der Waals surface area contributed by atoms with E-state index in [9.17, 15) is 25.0 Å². The van der Waals surface area contributed by atoms with E-state index in [1.807, 2.05) is 37.3 Å². The SMILES string of the molecule is COCc1cc(C)n(CC(=O)N/N=C/c2ccc(Sc3ccc(C)cc3)c([N+](=O)[O-])c2)c(=O)c1C#N. The summed E-state index contributed by atoms with van der Waals surface area (Å²) < 4.78 is 6.19. The van der Waals surface area contributed by atoms with Crippen molar-refractivity contribution in [1.82, 2.24) is 9.99 Å². The number of aromatic nitrogens is 1. The first kappa shape index (κ1) is 26.3. The number of nitrogens with one attached hydrogen (secondary N) is 1. The molecule has 0 saturated heterocycles. The predicted octanol–water partition coefficient (Wildman–Crippen LogP) is 3.69. The van der Waals surface area contributed by atoms with Crippen LogP contribution in [0.1, 0.15) is 27.9 Å². The molecule has 11 heteroatoms. The number of nitro groups is 1. The van der Waals surface area contributed by atoms with Crippen molar-refractivity contribution in [1.29, 1.82) is 5.26 Å². The third-order valence-corrected chi connectivity index (χ3v) is 6.21. The van der Waals surface area contributed by atoms with Gasteiger partial charge < -0.3 is 9.30 Å². The molecule has 184 valence electrons. The second-order valence-electron chi connectivity index (χ2n) is 7.81. The van der Waals surface area contributed by atoms with Crippen LogP contribution in [0.4, 0.5) is 5.69 Å². The molecule has 0 fully saturated rings. The lowest BCUT2D eigenvalue weighted by Gasteiger charge is -2.12. The van der Waals surface area contributed by atoms with E-state index in [0.717, 1.165) is 10.5 Å². The van der Waals surface area contributed by atoms with Crippen molar-refractivity contribution < 1.29 is 14.5 Å². The number of amides is 1. The number of methoxy groups -OCH3 is 1. The molecule has 1 heterocycles. The van der Waals surface area contributed by atoms with Gasteiger partial charge in [-0.1, -0.05) is 35.5 Å². The van der Waals surface area contributed by atoms with E-state index in [2.05, 4.69) is 10.5 Å². The summed E-state index contributed by atoms with van der Waals surface area (Å²) in [5.74, 6) is -0.596. The molecule has 0 spiro atoms. The Morgan fingerprint density at radius 2 is 1.97 bits per heavy atom. The van der Waals surface area contributed by atoms with Gasteiger partial charge in [0.25, 0.3) is 17.2 Å². The molecule has 0 aliphatic carbocycles. The van der Waals surface area contributed by atoms with E-state index in [1.165, 1.54) is 35.7 Å². The number of carbonyl (C=O) groups excluding carboxylic acids is 1. The van der Waals surface area contributed by atoms with Crippen LogP contribution in [0.25, 0.3) is 0 Å². The second-order valence-corrected chi connectivity index (χ2v) is 8.93. The number of benzene rings is 2. The topological polar surface area (TPSA) is 140 Å². The van der Waals surface area contributed by atoms with Crippen LogP contribution in [0, 0.1) is 35.3 Å². The molecule has 0 aliphatic rings. The number of aryl methyl sites for hydroxylation is 2. The van der Waals surface area contributed by atoms with Crippen molar-refractivity contribution in [2.75, 3.05) is 7.11 Å². The summed E-state index contributed by atoms with van der Waals surface area (Å²) in [6.45, 7) is 3.36. The molecule has 3 rings (SSSR count). The van der Waals surface area contributed by atoms with Crippen molar-refractivity contribution in [2.45, 2.75) is 36.8 Å². The number of rotatable bonds is 9. The Morgan fingerprint density at radius 3 is 2.61 bits per heavy atom. The lowest BCUT2D eigenvalue weighted by Crippen LogP contribution is -2.33. The highest BCUT2D eigenvalue weighted by Crippen LogP contribution is 2.35. The Kier molecular flexibility index (Phi) is 8.72. The molecule has 3 aromatic rings. The molecule has 2 aromatic carbocycles. The maximum Gasteiger partial charge on any atom is 0.283 e. The molecule has 0 aliphatic heterocycles. The third kappa shape index (κ3) is 6.44. The number of nitrogens with zero attached hydrogens (tertiary/aromatic N) is 4. The zero-order valence-electron chi connectivity index (χ0n) is 19.8. The number of hydrazone groups is 1. The van der Waals surface area contributed by atoms with Crippen molar-refractivity contribution in [3.63, 3.8) is 0 Å². The van der Waals surface area contributed by atoms with Crippen LogP contribution in [-0.2, 0) is 22.7 Å². The number of nitriles is 1. The minimum atomic E-state index is -0.596. The van der Waals surface area contributed by atoms with E-state index >= 15 is 0 Å². The zero-order valence-corrected chi connectivity index (χ0v) is 20.7. The summed E-state index contributed by atoms with van der Waals surface area (Å²) in [6.07, 6.45) is 1.28. The van der Waals surface area contributed by atoms with Gasteiger partial charge >= 0.3 is 0 Å². The first-order chi connectivity index (χ1) is 17.2. The Labute approximate surface area is 211 Å². The molecule has 1 amide bonds. The van der Waals surface area contributed by atoms with Crippen LogP contribution in [0.2, 0.25) is 0 Å². The Hall–Kier alpha value is -4.27. The van der Waals surface area contributed by atoms with E-state index < -0.39 is 16.4 Å². The van der Waals surface area contributed by atoms with Crippen molar-refractivity contribution in [3.8, 4) is 6.07 Å². The maximum absolute atomic E-state index is 12.6. The first-order valence-corrected chi connectivity index (χ1v) is 11.5. The van der Waals surface area contributed by atoms with Crippen LogP contribution < -0.4 is 11.0 Å². The van der Waals surface area contributed by atoms with Crippen LogP contribution >= 0.6 is 11.8 Å². The maximum atomic E-state index is 12.6. The van der Waals surface area contributed by atoms with Crippen LogP contribution in [0.5, 0.6) is 0 Å². The molecule has 1 aromatic heterocycles. The summed E-state index contributed by atoms with van der Waals surface area (Å²) in [5, 5.41) is 24.8. The number of hydrogen-bond acceptors (Lipinski definition) is 8. The predicted molar refractivity (Wildman–Crippen MR) is 135 cm³/mol. The molecular formula is C25H23N5O5S. The van der Waals surface area contributed by atoms with Crippen LogP contribution in [0.15, 0.2) is 68.2 Å². The van der Waals surface area contributed by atoms with Crippen molar-refractivity contribution >= 4 is 29.6 Å². The van der Waals surface area contributed by atoms with Gasteiger partial charge in [0.05, 0.1) is 22.6 Å². The second kappa shape index (κ2) is 11.9. The van der Waals surface area contributed by atoms with Gasteiger partial charge in [0.15, 0.2) is 0 Å². The molecular weight excluding hydrogens is 482 g/mol. The van der Waals surface area contributed by atoms with Gasteiger partial charge in [0, 0.05) is 34.9 Å². The molecule has 36 heavy (non-hydrogen) atoms. The molecule has 0 bridgehead atoms. The summed E-state index contributed by atoms with van der Waals surface area (Å²) in [6, 6.07) is 15.8. The largest absolute Gasteiger partial charge is 0.380 e. The Morgan fingerprint density at radius 1 is 1.25 bits per heavy atom. The molecule has 0 saturated carbocycles. The normalized spacial score (nSPS) is 10.8. The van der Waals surface area contributed by atoms with Gasteiger partial charge in [0.1, 0.15) is 18.2 Å². The number of carbonyl (C=O) groups is 1. The van der Waals surface area contributed by atoms with E-state index in [0.29, 0.717) is 21.7 Å². The van der Waals surface area contributed by atoms with Gasteiger partial charge in [0.2, 0.25) is 0 Å². The Bertz CT molecular complexity index is 1420. The molecule has 1 N–H and O–H groups in total. The molecule has 0 unspecified atom stereocenters. The molecule has 0 radical (unpaired) electrons. The molecule has 0 atom stereocenters. The summed E-state index contributed by atoms with van der Waals surface area (Å²) in [4.78, 5) is 37.5. The van der Waals surface area contributed by atoms with Crippen LogP contribution in [0.3, 0.4) is 0 Å². The summed E-state index contributed by atoms with van der Waals surface area (Å²) >= 11 is 1.28. The quantitative estimate of drug-likeness (QED) is 0.266. The fraction of sp³-hybridized carbons (Fsp3) is 0.200. The van der Waals surface area contributed by atoms with Crippen LogP contribution in [-0.4, -0.2) is 28.7 Å². The monoisotopic (exact) mass is 505 g/mol. The lowest BCUT2D eigenvalue weighted by molar-refractivity contribution is -0.387. The Balaban J connectivity index is 1.72. The van der Waals surface area contributed by atoms with E-state index in [-0.39, 0.29) is 24.4 Å². The lowest BCUT2D eigenvalue weighted by atomic mass is 10.1. The highest BCUT2D eigenvalue weighted by atomic mass is 32.2. The highest BCUT2D eigenvalue weighted by Gasteiger charge is 2.16. The first-order valence-electron chi connectivity index (χ1n) is 10.7. The van der Waals surface area contributed by atoms with Gasteiger partial charge in [-0.3, -0.25) is 19.7 Å². The van der Waals surface area contributed by atoms with Gasteiger partial charge in [-0.25, -0.2) is 5.43 Å². The van der Waals surface area contributed by atoms with E-state index in [1.54, 1.807) is 25.1 Å². The molecule has 10 nitrogen and oxygen atoms in total. The summed E-state index contributed by atoms with van der Waals surface area (Å²) in [5.41, 5.74) is 3.98. The standard InChI is InChI=1S/C25H23N5O5S/c1-16-4-7-20(8-5-16)36-23-9-6-18(11-22(23)30(33)34)13-27-28-24(31)14-29-17(2)10-19(15-35-3)21(12-26)25(29)32/h4-11,13H,14-15H2,1-3H3,(H,28,31)/b27-13+. The van der Waals surface area contributed by atoms with Gasteiger partial charge in [-0.15, -0.1) is 0 Å². The minimum absolute atomic E-state index is 0.0850. The smallest absolute Gasteiger partial charge is 0.283 e. The highest BCUT2D eigenvalue weighted by molar-refractivity contribution is 7.99. The fourth-order valence-corrected chi connectivity index (χ4v) is 4.26. The zero-order chi connectivity index (χ0) is 26.2. The third-order valence-electron chi connectivity index (χ3n) is 5.13. The summed E-state index contributed by atoms with van der Waals surface area (Å²) in [7, 11) is 1.46. The van der Waals surface area contributed by atoms with Crippen molar-refractivity contribution in [2.24, 2.45) is 5.10 Å². The number of ether oxygens (including phenoxy) is 1. The van der Waals surface area contributed by atoms with Crippen molar-refractivity contribution in [3.05, 3.63) is 96.9 Å². The average molecular weight is 506 g/mol. The van der Waals surface area contributed by atoms with Gasteiger partial charge in [-0.2, -0.15) is 10.4 Å². The number of nitro benzene ring substituents is 1. The van der Waals surface area contributed by atoms with E-state index in [4.69, 9.17) is 4.74 Å².